The van der Waals surface area contributed by atoms with Crippen LogP contribution in [0.15, 0.2) is 64.9 Å². The van der Waals surface area contributed by atoms with E-state index in [1.165, 1.54) is 17.3 Å². The van der Waals surface area contributed by atoms with Crippen LogP contribution < -0.4 is 15.2 Å². The summed E-state index contributed by atoms with van der Waals surface area (Å²) in [4.78, 5) is 14.6. The van der Waals surface area contributed by atoms with Gasteiger partial charge >= 0.3 is 0 Å². The van der Waals surface area contributed by atoms with Crippen LogP contribution in [0.4, 0.5) is 5.82 Å². The summed E-state index contributed by atoms with van der Waals surface area (Å²) in [6.07, 6.45) is 2.59. The number of hydrogen-bond acceptors (Lipinski definition) is 7. The molecule has 0 aliphatic carbocycles. The maximum atomic E-state index is 6.10. The minimum atomic E-state index is 0.374. The van der Waals surface area contributed by atoms with Crippen LogP contribution in [0.1, 0.15) is 19.4 Å². The Balaban J connectivity index is 1.62. The van der Waals surface area contributed by atoms with Crippen LogP contribution in [-0.2, 0) is 13.0 Å². The molecule has 0 aromatic heterocycles. The summed E-state index contributed by atoms with van der Waals surface area (Å²) in [6, 6.07) is 16.1. The Morgan fingerprint density at radius 3 is 2.58 bits per heavy atom. The average Bonchev–Trinajstić information content (AvgIpc) is 3.21. The zero-order valence-electron chi connectivity index (χ0n) is 17.6. The van der Waals surface area contributed by atoms with E-state index in [1.807, 2.05) is 54.8 Å². The molecule has 2 aromatic carbocycles. The Morgan fingerprint density at radius 2 is 1.81 bits per heavy atom. The second-order valence-corrected chi connectivity index (χ2v) is 7.82. The zero-order chi connectivity index (χ0) is 21.6. The van der Waals surface area contributed by atoms with Gasteiger partial charge in [0.2, 0.25) is 0 Å². The van der Waals surface area contributed by atoms with Gasteiger partial charge < -0.3 is 19.8 Å². The van der Waals surface area contributed by atoms with Crippen LogP contribution >= 0.6 is 11.8 Å². The first-order valence-corrected chi connectivity index (χ1v) is 11.1. The van der Waals surface area contributed by atoms with Gasteiger partial charge in [-0.3, -0.25) is 0 Å². The van der Waals surface area contributed by atoms with Crippen molar-refractivity contribution >= 4 is 17.6 Å². The van der Waals surface area contributed by atoms with E-state index in [0.717, 1.165) is 35.2 Å². The van der Waals surface area contributed by atoms with E-state index < -0.39 is 0 Å². The molecule has 0 atom stereocenters. The van der Waals surface area contributed by atoms with Gasteiger partial charge in [-0.05, 0) is 55.8 Å². The molecule has 0 bridgehead atoms. The first kappa shape index (κ1) is 21.0. The van der Waals surface area contributed by atoms with Gasteiger partial charge in [0.25, 0.3) is 0 Å². The third-order valence-corrected chi connectivity index (χ3v) is 5.59. The molecular formula is C23H25N5O2S. The number of imidazole rings is 1. The summed E-state index contributed by atoms with van der Waals surface area (Å²) in [5.74, 6) is 2.65. The monoisotopic (exact) mass is 435 g/mol. The maximum absolute atomic E-state index is 6.10. The summed E-state index contributed by atoms with van der Waals surface area (Å²) >= 11 is 1.43. The molecule has 0 unspecified atom stereocenters. The molecule has 2 aliphatic rings. The molecule has 0 fully saturated rings. The number of nitrogens with two attached hydrogens (primary N) is 1. The highest BCUT2D eigenvalue weighted by molar-refractivity contribution is 7.99. The number of nitrogens with zero attached hydrogens (tertiary/aromatic N) is 4. The Labute approximate surface area is 186 Å². The third kappa shape index (κ3) is 4.91. The van der Waals surface area contributed by atoms with Crippen molar-refractivity contribution in [2.75, 3.05) is 18.9 Å². The number of ether oxygens (including phenoxy) is 2. The van der Waals surface area contributed by atoms with Crippen molar-refractivity contribution in [2.24, 2.45) is 0 Å². The number of anilines is 1. The van der Waals surface area contributed by atoms with Crippen molar-refractivity contribution in [2.45, 2.75) is 36.9 Å². The summed E-state index contributed by atoms with van der Waals surface area (Å²) in [6.45, 7) is 5.82. The molecule has 2 N–H and O–H groups in total. The van der Waals surface area contributed by atoms with E-state index in [9.17, 15) is 0 Å². The van der Waals surface area contributed by atoms with Gasteiger partial charge in [-0.1, -0.05) is 30.3 Å². The molecule has 8 heteroatoms. The molecule has 0 saturated heterocycles. The fourth-order valence-corrected chi connectivity index (χ4v) is 4.10. The number of aromatic nitrogens is 4. The Kier molecular flexibility index (Phi) is 6.57. The number of benzene rings is 2. The minimum Gasteiger partial charge on any atom is -0.494 e. The lowest BCUT2D eigenvalue weighted by molar-refractivity contribution is 0.323. The summed E-state index contributed by atoms with van der Waals surface area (Å²) < 4.78 is 13.4. The van der Waals surface area contributed by atoms with Gasteiger partial charge in [0, 0.05) is 6.54 Å². The third-order valence-electron chi connectivity index (χ3n) is 4.68. The van der Waals surface area contributed by atoms with Crippen molar-refractivity contribution in [3.05, 3.63) is 60.4 Å². The lowest BCUT2D eigenvalue weighted by atomic mass is 10.1. The maximum Gasteiger partial charge on any atom is 0.195 e. The highest BCUT2D eigenvalue weighted by Gasteiger charge is 2.20. The predicted molar refractivity (Wildman–Crippen MR) is 122 cm³/mol. The van der Waals surface area contributed by atoms with E-state index in [4.69, 9.17) is 20.2 Å². The normalized spacial score (nSPS) is 11.0. The number of rotatable bonds is 9. The number of aryl methyl sites for hydroxylation is 2. The van der Waals surface area contributed by atoms with Gasteiger partial charge in [0.1, 0.15) is 11.5 Å². The van der Waals surface area contributed by atoms with Crippen molar-refractivity contribution in [1.82, 2.24) is 19.5 Å². The van der Waals surface area contributed by atoms with Gasteiger partial charge in [-0.15, -0.1) is 0 Å². The second kappa shape index (κ2) is 9.70. The van der Waals surface area contributed by atoms with E-state index in [2.05, 4.69) is 22.1 Å². The highest BCUT2D eigenvalue weighted by atomic mass is 32.2. The van der Waals surface area contributed by atoms with Crippen LogP contribution in [0.3, 0.4) is 0 Å². The summed E-state index contributed by atoms with van der Waals surface area (Å²) in [5, 5.41) is 0.595. The Morgan fingerprint density at radius 1 is 1.00 bits per heavy atom. The Bertz CT molecular complexity index is 1120. The smallest absolute Gasteiger partial charge is 0.195 e. The van der Waals surface area contributed by atoms with E-state index >= 15 is 0 Å². The van der Waals surface area contributed by atoms with Gasteiger partial charge in [-0.25, -0.2) is 15.0 Å². The average molecular weight is 436 g/mol. The number of fused-ring (bicyclic) bond motifs is 1. The molecule has 0 radical (unpaired) electrons. The molecular weight excluding hydrogens is 410 g/mol. The number of nitrogen functional groups attached to an aromatic ring is 1. The van der Waals surface area contributed by atoms with Crippen LogP contribution in [0.25, 0.3) is 11.5 Å². The first-order valence-electron chi connectivity index (χ1n) is 10.3. The fourth-order valence-electron chi connectivity index (χ4n) is 3.24. The minimum absolute atomic E-state index is 0.374. The SMILES string of the molecule is CCOc1ccc(OCC)c(Sc2nc3c(N)ncn(CCc4ccccc4)c-3n2)c1. The molecule has 160 valence electrons. The molecule has 7 nitrogen and oxygen atoms in total. The van der Waals surface area contributed by atoms with Crippen LogP contribution in [0.5, 0.6) is 11.5 Å². The fraction of sp³-hybridized carbons (Fsp3) is 0.261. The van der Waals surface area contributed by atoms with Crippen molar-refractivity contribution in [3.8, 4) is 23.0 Å². The molecule has 0 amide bonds. The lowest BCUT2D eigenvalue weighted by Gasteiger charge is -2.11. The molecule has 2 aromatic rings. The van der Waals surface area contributed by atoms with E-state index in [-0.39, 0.29) is 0 Å². The van der Waals surface area contributed by atoms with Crippen molar-refractivity contribution in [3.63, 3.8) is 0 Å². The Hall–Kier alpha value is -3.26. The van der Waals surface area contributed by atoms with Gasteiger partial charge in [-0.2, -0.15) is 0 Å². The second-order valence-electron chi connectivity index (χ2n) is 6.81. The molecule has 0 saturated carbocycles. The summed E-state index contributed by atoms with van der Waals surface area (Å²) in [5.41, 5.74) is 7.96. The van der Waals surface area contributed by atoms with Crippen molar-refractivity contribution in [1.29, 1.82) is 0 Å². The largest absolute Gasteiger partial charge is 0.494 e. The number of hydrogen-bond donors (Lipinski definition) is 1. The highest BCUT2D eigenvalue weighted by Crippen LogP contribution is 2.38. The lowest BCUT2D eigenvalue weighted by Crippen LogP contribution is -2.09. The van der Waals surface area contributed by atoms with Gasteiger partial charge in [0.05, 0.1) is 24.4 Å². The van der Waals surface area contributed by atoms with E-state index in [0.29, 0.717) is 29.9 Å². The molecule has 31 heavy (non-hydrogen) atoms. The standard InChI is InChI=1S/C23H25N5O2S/c1-3-29-17-10-11-18(30-4-2)19(14-17)31-23-26-20-21(24)25-15-28(22(20)27-23)13-12-16-8-6-5-7-9-16/h5-11,14-15H,3-4,12-13,24H2,1-2H3. The topological polar surface area (TPSA) is 88.1 Å². The van der Waals surface area contributed by atoms with E-state index in [1.54, 1.807) is 6.33 Å². The van der Waals surface area contributed by atoms with Crippen LogP contribution in [0.2, 0.25) is 0 Å². The van der Waals surface area contributed by atoms with Crippen molar-refractivity contribution < 1.29 is 9.47 Å². The molecule has 2 aliphatic heterocycles. The molecule has 0 spiro atoms. The van der Waals surface area contributed by atoms with Crippen LogP contribution in [-0.4, -0.2) is 32.7 Å². The zero-order valence-corrected chi connectivity index (χ0v) is 18.4. The molecule has 4 rings (SSSR count). The summed E-state index contributed by atoms with van der Waals surface area (Å²) in [7, 11) is 0. The van der Waals surface area contributed by atoms with Gasteiger partial charge in [0.15, 0.2) is 22.5 Å². The predicted octanol–water partition coefficient (Wildman–Crippen LogP) is 4.55. The quantitative estimate of drug-likeness (QED) is 0.412. The molecule has 2 heterocycles. The first-order chi connectivity index (χ1) is 15.2. The van der Waals surface area contributed by atoms with Crippen LogP contribution in [0, 0.1) is 0 Å².